The summed E-state index contributed by atoms with van der Waals surface area (Å²) in [6.07, 6.45) is 5.06. The van der Waals surface area contributed by atoms with Gasteiger partial charge in [-0.25, -0.2) is 4.79 Å². The lowest BCUT2D eigenvalue weighted by atomic mass is 9.75. The molecule has 0 radical (unpaired) electrons. The number of urea groups is 1. The SMILES string of the molecule is CC[C@@]1(C2CCN(Cc3ccc4c(c3)CCO4)CC2)NC(=O)N(Cc2ccccn2)C1=O. The predicted octanol–water partition coefficient (Wildman–Crippen LogP) is 3.13. The molecule has 0 aliphatic carbocycles. The lowest BCUT2D eigenvalue weighted by Gasteiger charge is -2.40. The van der Waals surface area contributed by atoms with Gasteiger partial charge in [-0.1, -0.05) is 25.1 Å². The molecule has 32 heavy (non-hydrogen) atoms. The van der Waals surface area contributed by atoms with Gasteiger partial charge in [-0.3, -0.25) is 19.6 Å². The van der Waals surface area contributed by atoms with Gasteiger partial charge in [-0.05, 0) is 67.6 Å². The van der Waals surface area contributed by atoms with Crippen molar-refractivity contribution in [3.05, 3.63) is 59.4 Å². The minimum absolute atomic E-state index is 0.104. The molecule has 2 fully saturated rings. The van der Waals surface area contributed by atoms with Crippen molar-refractivity contribution in [1.29, 1.82) is 0 Å². The van der Waals surface area contributed by atoms with Crippen LogP contribution in [0, 0.1) is 5.92 Å². The molecule has 0 spiro atoms. The molecule has 1 atom stereocenters. The van der Waals surface area contributed by atoms with E-state index < -0.39 is 5.54 Å². The normalized spacial score (nSPS) is 23.8. The summed E-state index contributed by atoms with van der Waals surface area (Å²) in [6, 6.07) is 11.7. The van der Waals surface area contributed by atoms with Crippen LogP contribution in [0.15, 0.2) is 42.6 Å². The molecule has 3 aliphatic heterocycles. The van der Waals surface area contributed by atoms with E-state index in [1.54, 1.807) is 6.20 Å². The highest BCUT2D eigenvalue weighted by Crippen LogP contribution is 2.37. The second-order valence-electron chi connectivity index (χ2n) is 9.06. The third-order valence-corrected chi connectivity index (χ3v) is 7.25. The first-order chi connectivity index (χ1) is 15.6. The summed E-state index contributed by atoms with van der Waals surface area (Å²) in [5, 5.41) is 3.08. The van der Waals surface area contributed by atoms with Crippen LogP contribution in [-0.4, -0.2) is 52.0 Å². The number of carbonyl (C=O) groups is 2. The number of hydrogen-bond acceptors (Lipinski definition) is 5. The number of benzene rings is 1. The number of aromatic nitrogens is 1. The van der Waals surface area contributed by atoms with E-state index in [2.05, 4.69) is 33.4 Å². The highest BCUT2D eigenvalue weighted by molar-refractivity contribution is 6.07. The van der Waals surface area contributed by atoms with Gasteiger partial charge in [-0.15, -0.1) is 0 Å². The molecule has 1 aromatic heterocycles. The molecule has 7 heteroatoms. The number of hydrogen-bond donors (Lipinski definition) is 1. The van der Waals surface area contributed by atoms with Gasteiger partial charge in [0.1, 0.15) is 11.3 Å². The lowest BCUT2D eigenvalue weighted by molar-refractivity contribution is -0.134. The van der Waals surface area contributed by atoms with Crippen molar-refractivity contribution >= 4 is 11.9 Å². The van der Waals surface area contributed by atoms with E-state index in [1.807, 2.05) is 25.1 Å². The van der Waals surface area contributed by atoms with Crippen molar-refractivity contribution < 1.29 is 14.3 Å². The fraction of sp³-hybridized carbons (Fsp3) is 0.480. The molecular formula is C25H30N4O3. The molecule has 4 heterocycles. The summed E-state index contributed by atoms with van der Waals surface area (Å²) >= 11 is 0. The first-order valence-electron chi connectivity index (χ1n) is 11.6. The largest absolute Gasteiger partial charge is 0.493 e. The third kappa shape index (κ3) is 3.75. The highest BCUT2D eigenvalue weighted by atomic mass is 16.5. The monoisotopic (exact) mass is 434 g/mol. The number of nitrogens with one attached hydrogen (secondary N) is 1. The Kier molecular flexibility index (Phi) is 5.59. The summed E-state index contributed by atoms with van der Waals surface area (Å²) in [4.78, 5) is 34.3. The molecule has 0 unspecified atom stereocenters. The second kappa shape index (κ2) is 8.54. The van der Waals surface area contributed by atoms with Crippen molar-refractivity contribution in [3.8, 4) is 5.75 Å². The smallest absolute Gasteiger partial charge is 0.325 e. The van der Waals surface area contributed by atoms with Crippen molar-refractivity contribution in [2.75, 3.05) is 19.7 Å². The molecule has 168 valence electrons. The number of ether oxygens (including phenoxy) is 1. The highest BCUT2D eigenvalue weighted by Gasteiger charge is 2.54. The van der Waals surface area contributed by atoms with Gasteiger partial charge in [0.05, 0.1) is 18.8 Å². The molecule has 0 saturated carbocycles. The lowest BCUT2D eigenvalue weighted by Crippen LogP contribution is -2.55. The van der Waals surface area contributed by atoms with Gasteiger partial charge in [0, 0.05) is 19.2 Å². The van der Waals surface area contributed by atoms with Crippen LogP contribution in [0.5, 0.6) is 5.75 Å². The first-order valence-corrected chi connectivity index (χ1v) is 11.6. The molecule has 2 saturated heterocycles. The van der Waals surface area contributed by atoms with Crippen LogP contribution in [-0.2, 0) is 24.3 Å². The number of carbonyl (C=O) groups excluding carboxylic acids is 2. The number of piperidine rings is 1. The van der Waals surface area contributed by atoms with Gasteiger partial charge in [0.25, 0.3) is 5.91 Å². The first kappa shape index (κ1) is 20.9. The Labute approximate surface area is 188 Å². The Morgan fingerprint density at radius 3 is 2.75 bits per heavy atom. The summed E-state index contributed by atoms with van der Waals surface area (Å²) in [6.45, 7) is 5.74. The number of pyridine rings is 1. The Bertz CT molecular complexity index is 1000. The number of rotatable bonds is 6. The predicted molar refractivity (Wildman–Crippen MR) is 120 cm³/mol. The molecule has 0 bridgehead atoms. The molecule has 5 rings (SSSR count). The maximum atomic E-state index is 13.4. The van der Waals surface area contributed by atoms with Gasteiger partial charge >= 0.3 is 6.03 Å². The van der Waals surface area contributed by atoms with Crippen molar-refractivity contribution in [2.45, 2.75) is 51.2 Å². The molecule has 2 aromatic rings. The van der Waals surface area contributed by atoms with Gasteiger partial charge in [-0.2, -0.15) is 0 Å². The quantitative estimate of drug-likeness (QED) is 0.707. The zero-order chi connectivity index (χ0) is 22.1. The average Bonchev–Trinajstić information content (AvgIpc) is 3.38. The fourth-order valence-electron chi connectivity index (χ4n) is 5.43. The van der Waals surface area contributed by atoms with Crippen molar-refractivity contribution in [3.63, 3.8) is 0 Å². The third-order valence-electron chi connectivity index (χ3n) is 7.25. The van der Waals surface area contributed by atoms with Crippen molar-refractivity contribution in [2.24, 2.45) is 5.92 Å². The summed E-state index contributed by atoms with van der Waals surface area (Å²) in [7, 11) is 0. The number of nitrogens with zero attached hydrogens (tertiary/aromatic N) is 3. The Morgan fingerprint density at radius 1 is 1.16 bits per heavy atom. The van der Waals surface area contributed by atoms with E-state index in [0.717, 1.165) is 56.9 Å². The van der Waals surface area contributed by atoms with Crippen LogP contribution >= 0.6 is 0 Å². The topological polar surface area (TPSA) is 74.8 Å². The van der Waals surface area contributed by atoms with E-state index in [0.29, 0.717) is 6.42 Å². The Morgan fingerprint density at radius 2 is 2.00 bits per heavy atom. The van der Waals surface area contributed by atoms with Crippen LogP contribution < -0.4 is 10.1 Å². The molecule has 1 N–H and O–H groups in total. The standard InChI is InChI=1S/C25H30N4O3/c1-2-25(23(30)29(24(31)27-25)17-21-5-3-4-11-26-21)20-8-12-28(13-9-20)16-18-6-7-22-19(15-18)10-14-32-22/h3-7,11,15,20H,2,8-10,12-14,16-17H2,1H3,(H,27,31)/t25-/m0/s1. The zero-order valence-electron chi connectivity index (χ0n) is 18.5. The van der Waals surface area contributed by atoms with Crippen LogP contribution in [0.2, 0.25) is 0 Å². The molecule has 7 nitrogen and oxygen atoms in total. The Balaban J connectivity index is 1.23. The van der Waals surface area contributed by atoms with E-state index in [1.165, 1.54) is 16.0 Å². The maximum Gasteiger partial charge on any atom is 0.325 e. The molecular weight excluding hydrogens is 404 g/mol. The van der Waals surface area contributed by atoms with E-state index in [-0.39, 0.29) is 24.4 Å². The number of amides is 3. The summed E-state index contributed by atoms with van der Waals surface area (Å²) in [5.41, 5.74) is 2.53. The van der Waals surface area contributed by atoms with Gasteiger partial charge < -0.3 is 10.1 Å². The second-order valence-corrected chi connectivity index (χ2v) is 9.06. The van der Waals surface area contributed by atoms with E-state index in [9.17, 15) is 9.59 Å². The van der Waals surface area contributed by atoms with Crippen molar-refractivity contribution in [1.82, 2.24) is 20.1 Å². The number of fused-ring (bicyclic) bond motifs is 1. The summed E-state index contributed by atoms with van der Waals surface area (Å²) < 4.78 is 5.61. The molecule has 3 aliphatic rings. The molecule has 3 amide bonds. The maximum absolute atomic E-state index is 13.4. The van der Waals surface area contributed by atoms with Gasteiger partial charge in [0.15, 0.2) is 0 Å². The van der Waals surface area contributed by atoms with Crippen LogP contribution in [0.4, 0.5) is 4.79 Å². The molecule has 1 aromatic carbocycles. The van der Waals surface area contributed by atoms with Crippen LogP contribution in [0.1, 0.15) is 43.0 Å². The van der Waals surface area contributed by atoms with Crippen LogP contribution in [0.25, 0.3) is 0 Å². The van der Waals surface area contributed by atoms with Gasteiger partial charge in [0.2, 0.25) is 0 Å². The summed E-state index contributed by atoms with van der Waals surface area (Å²) in [5.74, 6) is 1.05. The zero-order valence-corrected chi connectivity index (χ0v) is 18.5. The number of imide groups is 1. The minimum Gasteiger partial charge on any atom is -0.493 e. The van der Waals surface area contributed by atoms with E-state index in [4.69, 9.17) is 4.74 Å². The van der Waals surface area contributed by atoms with E-state index >= 15 is 0 Å². The fourth-order valence-corrected chi connectivity index (χ4v) is 5.43. The Hall–Kier alpha value is -2.93. The average molecular weight is 435 g/mol. The number of likely N-dealkylation sites (tertiary alicyclic amines) is 1. The van der Waals surface area contributed by atoms with Crippen LogP contribution in [0.3, 0.4) is 0 Å². The minimum atomic E-state index is -0.803.